The zero-order chi connectivity index (χ0) is 18.5. The molecule has 0 aromatic heterocycles. The molecular weight excluding hydrogens is 352 g/mol. The van der Waals surface area contributed by atoms with E-state index in [2.05, 4.69) is 12.2 Å². The predicted octanol–water partition coefficient (Wildman–Crippen LogP) is 4.05. The molecule has 0 spiro atoms. The van der Waals surface area contributed by atoms with Gasteiger partial charge >= 0.3 is 0 Å². The summed E-state index contributed by atoms with van der Waals surface area (Å²) in [7, 11) is 0. The molecule has 6 heteroatoms. The number of nitrogens with one attached hydrogen (secondary N) is 1. The van der Waals surface area contributed by atoms with E-state index in [1.165, 1.54) is 0 Å². The quantitative estimate of drug-likeness (QED) is 0.832. The van der Waals surface area contributed by atoms with Crippen LogP contribution >= 0.6 is 11.6 Å². The van der Waals surface area contributed by atoms with Gasteiger partial charge in [0.2, 0.25) is 5.91 Å². The lowest BCUT2D eigenvalue weighted by Crippen LogP contribution is -2.35. The highest BCUT2D eigenvalue weighted by atomic mass is 35.5. The number of hydrogen-bond donors (Lipinski definition) is 1. The second kappa shape index (κ2) is 8.23. The van der Waals surface area contributed by atoms with Crippen LogP contribution in [0.1, 0.15) is 25.3 Å². The van der Waals surface area contributed by atoms with Gasteiger partial charge in [0, 0.05) is 24.3 Å². The number of carbonyl (C=O) groups excluding carboxylic acids is 2. The van der Waals surface area contributed by atoms with Crippen LogP contribution in [0.15, 0.2) is 42.5 Å². The molecule has 1 aliphatic rings. The zero-order valence-electron chi connectivity index (χ0n) is 14.6. The number of anilines is 2. The predicted molar refractivity (Wildman–Crippen MR) is 103 cm³/mol. The van der Waals surface area contributed by atoms with Gasteiger partial charge in [-0.1, -0.05) is 30.7 Å². The van der Waals surface area contributed by atoms with E-state index in [4.69, 9.17) is 16.3 Å². The number of hydrogen-bond acceptors (Lipinski definition) is 3. The third kappa shape index (κ3) is 4.17. The molecule has 1 heterocycles. The summed E-state index contributed by atoms with van der Waals surface area (Å²) in [6.07, 6.45) is 2.09. The molecule has 0 saturated heterocycles. The van der Waals surface area contributed by atoms with Crippen molar-refractivity contribution in [3.8, 4) is 5.75 Å². The molecule has 0 aliphatic carbocycles. The zero-order valence-corrected chi connectivity index (χ0v) is 15.4. The fourth-order valence-corrected chi connectivity index (χ4v) is 3.20. The summed E-state index contributed by atoms with van der Waals surface area (Å²) in [5.74, 6) is 0.370. The first-order valence-corrected chi connectivity index (χ1v) is 9.06. The molecule has 0 saturated carbocycles. The number of aryl methyl sites for hydroxylation is 1. The van der Waals surface area contributed by atoms with Crippen molar-refractivity contribution < 1.29 is 14.3 Å². The van der Waals surface area contributed by atoms with Crippen LogP contribution in [0.4, 0.5) is 11.4 Å². The Kier molecular flexibility index (Phi) is 5.78. The van der Waals surface area contributed by atoms with Crippen molar-refractivity contribution in [2.24, 2.45) is 0 Å². The lowest BCUT2D eigenvalue weighted by molar-refractivity contribution is -0.119. The molecule has 0 radical (unpaired) electrons. The first kappa shape index (κ1) is 18.3. The van der Waals surface area contributed by atoms with Gasteiger partial charge < -0.3 is 15.0 Å². The van der Waals surface area contributed by atoms with Crippen LogP contribution in [0.25, 0.3) is 0 Å². The minimum atomic E-state index is -0.262. The van der Waals surface area contributed by atoms with Crippen LogP contribution in [0.2, 0.25) is 5.02 Å². The number of para-hydroxylation sites is 1. The maximum Gasteiger partial charge on any atom is 0.262 e. The number of ether oxygens (including phenoxy) is 1. The number of rotatable bonds is 6. The van der Waals surface area contributed by atoms with E-state index in [1.54, 1.807) is 24.3 Å². The lowest BCUT2D eigenvalue weighted by Gasteiger charge is -2.29. The number of fused-ring (bicyclic) bond motifs is 1. The van der Waals surface area contributed by atoms with Crippen molar-refractivity contribution in [2.45, 2.75) is 26.2 Å². The first-order chi connectivity index (χ1) is 12.6. The van der Waals surface area contributed by atoms with Gasteiger partial charge in [0.15, 0.2) is 6.61 Å². The molecule has 3 rings (SSSR count). The van der Waals surface area contributed by atoms with E-state index in [-0.39, 0.29) is 18.4 Å². The molecule has 0 atom stereocenters. The Morgan fingerprint density at radius 2 is 2.04 bits per heavy atom. The molecule has 136 valence electrons. The summed E-state index contributed by atoms with van der Waals surface area (Å²) in [6, 6.07) is 12.7. The van der Waals surface area contributed by atoms with E-state index in [1.807, 2.05) is 23.1 Å². The Bertz CT molecular complexity index is 822. The van der Waals surface area contributed by atoms with E-state index < -0.39 is 0 Å². The monoisotopic (exact) mass is 372 g/mol. The van der Waals surface area contributed by atoms with Gasteiger partial charge in [-0.25, -0.2) is 0 Å². The number of nitrogens with zero attached hydrogens (tertiary/aromatic N) is 1. The van der Waals surface area contributed by atoms with Crippen LogP contribution in [0.3, 0.4) is 0 Å². The fraction of sp³-hybridized carbons (Fsp3) is 0.300. The Hall–Kier alpha value is -2.53. The topological polar surface area (TPSA) is 58.6 Å². The minimum Gasteiger partial charge on any atom is -0.482 e. The van der Waals surface area contributed by atoms with Gasteiger partial charge in [0.1, 0.15) is 5.75 Å². The number of amides is 2. The molecular formula is C20H21ClN2O3. The van der Waals surface area contributed by atoms with Crippen LogP contribution < -0.4 is 15.0 Å². The highest BCUT2D eigenvalue weighted by Gasteiger charge is 2.23. The number of halogens is 1. The first-order valence-electron chi connectivity index (χ1n) is 8.69. The average molecular weight is 373 g/mol. The molecule has 0 bridgehead atoms. The summed E-state index contributed by atoms with van der Waals surface area (Å²) < 4.78 is 5.45. The van der Waals surface area contributed by atoms with Crippen molar-refractivity contribution in [3.63, 3.8) is 0 Å². The molecule has 0 fully saturated rings. The van der Waals surface area contributed by atoms with Gasteiger partial charge in [-0.2, -0.15) is 0 Å². The van der Waals surface area contributed by atoms with Crippen molar-refractivity contribution in [2.75, 3.05) is 23.4 Å². The average Bonchev–Trinajstić information content (AvgIpc) is 2.63. The molecule has 1 N–H and O–H groups in total. The minimum absolute atomic E-state index is 0.124. The van der Waals surface area contributed by atoms with E-state index in [9.17, 15) is 9.59 Å². The Balaban J connectivity index is 1.64. The maximum atomic E-state index is 12.1. The second-order valence-corrected chi connectivity index (χ2v) is 6.56. The van der Waals surface area contributed by atoms with Gasteiger partial charge in [-0.3, -0.25) is 9.59 Å². The molecule has 2 aromatic rings. The van der Waals surface area contributed by atoms with Crippen molar-refractivity contribution >= 4 is 34.8 Å². The van der Waals surface area contributed by atoms with E-state index >= 15 is 0 Å². The van der Waals surface area contributed by atoms with Gasteiger partial charge in [0.25, 0.3) is 5.91 Å². The molecule has 2 aromatic carbocycles. The lowest BCUT2D eigenvalue weighted by atomic mass is 10.00. The summed E-state index contributed by atoms with van der Waals surface area (Å²) in [5.41, 5.74) is 2.71. The van der Waals surface area contributed by atoms with Crippen LogP contribution in [0, 0.1) is 0 Å². The maximum absolute atomic E-state index is 12.1. The molecule has 26 heavy (non-hydrogen) atoms. The summed E-state index contributed by atoms with van der Waals surface area (Å²) >= 11 is 6.01. The Morgan fingerprint density at radius 1 is 1.23 bits per heavy atom. The van der Waals surface area contributed by atoms with Crippen LogP contribution in [0.5, 0.6) is 5.75 Å². The second-order valence-electron chi connectivity index (χ2n) is 6.16. The molecule has 5 nitrogen and oxygen atoms in total. The standard InChI is InChI=1S/C20H21ClN2O3/c1-2-11-23-17-9-8-15(12-14(17)7-10-20(23)25)22-19(24)13-26-18-6-4-3-5-16(18)21/h3-6,8-9,12H,2,7,10-11,13H2,1H3,(H,22,24). The highest BCUT2D eigenvalue weighted by Crippen LogP contribution is 2.30. The Labute approximate surface area is 157 Å². The third-order valence-electron chi connectivity index (χ3n) is 4.21. The SMILES string of the molecule is CCCN1C(=O)CCc2cc(NC(=O)COc3ccccc3Cl)ccc21. The van der Waals surface area contributed by atoms with Gasteiger partial charge in [0.05, 0.1) is 5.02 Å². The largest absolute Gasteiger partial charge is 0.482 e. The third-order valence-corrected chi connectivity index (χ3v) is 4.52. The number of carbonyl (C=O) groups is 2. The molecule has 2 amide bonds. The van der Waals surface area contributed by atoms with Crippen molar-refractivity contribution in [1.29, 1.82) is 0 Å². The smallest absolute Gasteiger partial charge is 0.262 e. The Morgan fingerprint density at radius 3 is 2.81 bits per heavy atom. The summed E-state index contributed by atoms with van der Waals surface area (Å²) in [6.45, 7) is 2.64. The van der Waals surface area contributed by atoms with Crippen LogP contribution in [-0.4, -0.2) is 25.0 Å². The van der Waals surface area contributed by atoms with Crippen molar-refractivity contribution in [3.05, 3.63) is 53.1 Å². The fourth-order valence-electron chi connectivity index (χ4n) is 3.01. The summed E-state index contributed by atoms with van der Waals surface area (Å²) in [4.78, 5) is 26.1. The highest BCUT2D eigenvalue weighted by molar-refractivity contribution is 6.32. The number of benzene rings is 2. The van der Waals surface area contributed by atoms with Gasteiger partial charge in [-0.15, -0.1) is 0 Å². The normalized spacial score (nSPS) is 13.3. The molecule has 1 aliphatic heterocycles. The summed E-state index contributed by atoms with van der Waals surface area (Å²) in [5, 5.41) is 3.30. The molecule has 0 unspecified atom stereocenters. The van der Waals surface area contributed by atoms with E-state index in [0.717, 1.165) is 17.7 Å². The van der Waals surface area contributed by atoms with Crippen molar-refractivity contribution in [1.82, 2.24) is 0 Å². The van der Waals surface area contributed by atoms with Gasteiger partial charge in [-0.05, 0) is 48.7 Å². The van der Waals surface area contributed by atoms with Crippen LogP contribution in [-0.2, 0) is 16.0 Å². The van der Waals surface area contributed by atoms with E-state index in [0.29, 0.717) is 35.8 Å².